The number of benzene rings is 1. The number of halogens is 1. The smallest absolute Gasteiger partial charge is 0.316 e. The summed E-state index contributed by atoms with van der Waals surface area (Å²) in [5, 5.41) is 9.22. The van der Waals surface area contributed by atoms with E-state index in [1.165, 1.54) is 13.2 Å². The molecule has 2 aliphatic heterocycles. The monoisotopic (exact) mass is 556 g/mol. The number of carbonyl (C=O) groups excluding carboxylic acids is 2. The van der Waals surface area contributed by atoms with E-state index in [4.69, 9.17) is 9.57 Å². The second-order valence-corrected chi connectivity index (χ2v) is 9.47. The van der Waals surface area contributed by atoms with Gasteiger partial charge >= 0.3 is 5.69 Å². The van der Waals surface area contributed by atoms with Gasteiger partial charge in [0.1, 0.15) is 0 Å². The summed E-state index contributed by atoms with van der Waals surface area (Å²) >= 11 is 0.713. The summed E-state index contributed by atoms with van der Waals surface area (Å²) in [7, 11) is 1.27. The minimum Gasteiger partial charge on any atom is -0.389 e. The number of allylic oxidation sites excluding steroid dienone is 4. The van der Waals surface area contributed by atoms with Crippen LogP contribution in [0.15, 0.2) is 81.2 Å². The van der Waals surface area contributed by atoms with Gasteiger partial charge in [-0.2, -0.15) is 4.39 Å². The maximum absolute atomic E-state index is 13.6. The zero-order valence-corrected chi connectivity index (χ0v) is 21.9. The largest absolute Gasteiger partial charge is 0.389 e. The molecule has 0 saturated carbocycles. The van der Waals surface area contributed by atoms with Crippen molar-refractivity contribution in [3.05, 3.63) is 81.5 Å². The fourth-order valence-electron chi connectivity index (χ4n) is 3.66. The highest BCUT2D eigenvalue weighted by atomic mass is 32.2. The van der Waals surface area contributed by atoms with Crippen molar-refractivity contribution in [2.75, 3.05) is 26.9 Å². The highest BCUT2D eigenvalue weighted by molar-refractivity contribution is 8.17. The molecule has 0 spiro atoms. The maximum Gasteiger partial charge on any atom is 0.316 e. The minimum atomic E-state index is -0.611. The number of hydrogen-bond acceptors (Lipinski definition) is 9. The number of amidine groups is 1. The number of ether oxygens (including phenoxy) is 1. The van der Waals surface area contributed by atoms with Gasteiger partial charge in [0.15, 0.2) is 29.3 Å². The van der Waals surface area contributed by atoms with Crippen molar-refractivity contribution in [3.8, 4) is 0 Å². The van der Waals surface area contributed by atoms with Crippen LogP contribution < -0.4 is 10.6 Å². The molecule has 0 radical (unpaired) electrons. The normalized spacial score (nSPS) is 19.1. The Morgan fingerprint density at radius 3 is 2.79 bits per heavy atom. The van der Waals surface area contributed by atoms with Crippen LogP contribution in [0.1, 0.15) is 18.4 Å². The van der Waals surface area contributed by atoms with Gasteiger partial charge in [-0.15, -0.1) is 0 Å². The van der Waals surface area contributed by atoms with E-state index in [9.17, 15) is 18.9 Å². The van der Waals surface area contributed by atoms with Crippen LogP contribution in [0, 0.1) is 4.91 Å². The fraction of sp³-hybridized carbons (Fsp3) is 0.308. The lowest BCUT2D eigenvalue weighted by atomic mass is 10.1. The number of oxime groups is 1. The van der Waals surface area contributed by atoms with Gasteiger partial charge in [0.2, 0.25) is 5.91 Å². The van der Waals surface area contributed by atoms with E-state index in [1.807, 2.05) is 0 Å². The van der Waals surface area contributed by atoms with Gasteiger partial charge < -0.3 is 14.9 Å². The summed E-state index contributed by atoms with van der Waals surface area (Å²) in [5.74, 6) is -0.858. The summed E-state index contributed by atoms with van der Waals surface area (Å²) in [5.41, 5.74) is 2.05. The van der Waals surface area contributed by atoms with E-state index in [2.05, 4.69) is 25.6 Å². The number of hydrogen-bond donors (Lipinski definition) is 2. The van der Waals surface area contributed by atoms with Crippen molar-refractivity contribution >= 4 is 40.1 Å². The van der Waals surface area contributed by atoms with Crippen LogP contribution in [0.2, 0.25) is 0 Å². The number of aliphatic imine (C=N–C) groups is 1. The number of carbonyl (C=O) groups is 2. The molecule has 11 nitrogen and oxygen atoms in total. The Hall–Kier alpha value is -4.10. The van der Waals surface area contributed by atoms with Gasteiger partial charge in [-0.3, -0.25) is 19.9 Å². The average Bonchev–Trinajstić information content (AvgIpc) is 3.35. The molecule has 13 heteroatoms. The quantitative estimate of drug-likeness (QED) is 0.353. The molecule has 1 aliphatic carbocycles. The van der Waals surface area contributed by atoms with Crippen molar-refractivity contribution in [1.29, 1.82) is 0 Å². The van der Waals surface area contributed by atoms with Crippen LogP contribution in [0.4, 0.5) is 10.1 Å². The third-order valence-electron chi connectivity index (χ3n) is 5.65. The first-order valence-corrected chi connectivity index (χ1v) is 12.9. The molecule has 0 aromatic heterocycles. The molecule has 4 rings (SSSR count). The molecular weight excluding hydrogens is 529 g/mol. The van der Waals surface area contributed by atoms with Crippen molar-refractivity contribution in [2.45, 2.75) is 25.4 Å². The summed E-state index contributed by atoms with van der Waals surface area (Å²) in [6.45, 7) is 1.04. The first-order valence-electron chi connectivity index (χ1n) is 12.1. The van der Waals surface area contributed by atoms with E-state index in [0.29, 0.717) is 59.7 Å². The SMILES string of the molecule is CO[N+](=O)c1ccc(CC(=O)NC2=CC=C(/C(=N\O[C@@H]3CCOC3)C(=O)NC3=NCC=C(F)S3)C=CC2)cc1. The average molecular weight is 557 g/mol. The highest BCUT2D eigenvalue weighted by Crippen LogP contribution is 2.21. The van der Waals surface area contributed by atoms with Crippen molar-refractivity contribution in [3.63, 3.8) is 0 Å². The van der Waals surface area contributed by atoms with Gasteiger partial charge in [0, 0.05) is 36.2 Å². The Morgan fingerprint density at radius 1 is 1.26 bits per heavy atom. The highest BCUT2D eigenvalue weighted by Gasteiger charge is 2.23. The molecule has 1 atom stereocenters. The van der Waals surface area contributed by atoms with E-state index in [0.717, 1.165) is 5.56 Å². The minimum absolute atomic E-state index is 0.0243. The molecule has 1 aromatic rings. The molecule has 2 heterocycles. The molecule has 1 aromatic carbocycles. The van der Waals surface area contributed by atoms with Crippen molar-refractivity contribution < 1.29 is 33.3 Å². The van der Waals surface area contributed by atoms with E-state index in [-0.39, 0.29) is 35.9 Å². The topological polar surface area (TPSA) is 131 Å². The Morgan fingerprint density at radius 2 is 2.08 bits per heavy atom. The molecule has 204 valence electrons. The Bertz CT molecular complexity index is 1300. The van der Waals surface area contributed by atoms with Crippen LogP contribution in [-0.4, -0.2) is 60.6 Å². The predicted octanol–water partition coefficient (Wildman–Crippen LogP) is 3.28. The Labute approximate surface area is 228 Å². The van der Waals surface area contributed by atoms with Gasteiger partial charge in [-0.05, 0) is 29.5 Å². The molecule has 1 fully saturated rings. The second kappa shape index (κ2) is 13.6. The maximum atomic E-state index is 13.6. The molecule has 39 heavy (non-hydrogen) atoms. The lowest BCUT2D eigenvalue weighted by Gasteiger charge is -2.13. The number of amides is 2. The van der Waals surface area contributed by atoms with Crippen LogP contribution in [-0.2, 0) is 30.4 Å². The van der Waals surface area contributed by atoms with Crippen LogP contribution in [0.25, 0.3) is 0 Å². The summed E-state index contributed by atoms with van der Waals surface area (Å²) < 4.78 is 18.9. The summed E-state index contributed by atoms with van der Waals surface area (Å²) in [6, 6.07) is 6.47. The lowest BCUT2D eigenvalue weighted by molar-refractivity contribution is -0.736. The molecule has 0 unspecified atom stereocenters. The fourth-order valence-corrected chi connectivity index (χ4v) is 4.29. The zero-order chi connectivity index (χ0) is 27.6. The second-order valence-electron chi connectivity index (χ2n) is 8.49. The van der Waals surface area contributed by atoms with E-state index in [1.54, 1.807) is 48.6 Å². The lowest BCUT2D eigenvalue weighted by Crippen LogP contribution is -2.36. The first-order chi connectivity index (χ1) is 18.9. The molecular formula is C26H27FN5O6S+. The van der Waals surface area contributed by atoms with Gasteiger partial charge in [-0.25, -0.2) is 4.84 Å². The predicted molar refractivity (Wildman–Crippen MR) is 143 cm³/mol. The van der Waals surface area contributed by atoms with Crippen molar-refractivity contribution in [1.82, 2.24) is 10.6 Å². The Kier molecular flexibility index (Phi) is 9.75. The van der Waals surface area contributed by atoms with Crippen molar-refractivity contribution in [2.24, 2.45) is 10.1 Å². The van der Waals surface area contributed by atoms with Gasteiger partial charge in [0.25, 0.3) is 10.8 Å². The zero-order valence-electron chi connectivity index (χ0n) is 21.1. The molecule has 2 amide bonds. The third-order valence-corrected chi connectivity index (χ3v) is 6.43. The first kappa shape index (κ1) is 27.9. The van der Waals surface area contributed by atoms with Crippen LogP contribution in [0.5, 0.6) is 0 Å². The van der Waals surface area contributed by atoms with E-state index < -0.39 is 11.1 Å². The number of thioether (sulfide) groups is 1. The van der Waals surface area contributed by atoms with Crippen LogP contribution >= 0.6 is 11.8 Å². The Balaban J connectivity index is 1.44. The molecule has 3 aliphatic rings. The number of rotatable bonds is 9. The third kappa shape index (κ3) is 8.19. The summed E-state index contributed by atoms with van der Waals surface area (Å²) in [4.78, 5) is 51.8. The number of nitrogens with one attached hydrogen (secondary N) is 2. The summed E-state index contributed by atoms with van der Waals surface area (Å²) in [6.07, 6.45) is 8.97. The van der Waals surface area contributed by atoms with E-state index >= 15 is 0 Å². The van der Waals surface area contributed by atoms with Gasteiger partial charge in [0.05, 0.1) is 31.1 Å². The van der Waals surface area contributed by atoms with Crippen LogP contribution in [0.3, 0.4) is 0 Å². The standard InChI is InChI=1S/C26H26FN5O6S/c1-36-32(35)20-9-5-17(6-10-20)15-23(33)29-19-4-2-3-18(7-8-19)24(31-38-21-12-14-37-16-21)25(34)30-26-28-13-11-22(27)39-26/h2-3,5-11,21H,4,12-16H2,1H3,(H-,28,29,30,31,33,34)/p+1/t21-/m1/s1. The molecule has 1 saturated heterocycles. The number of nitrogens with zero attached hydrogens (tertiary/aromatic N) is 3. The van der Waals surface area contributed by atoms with Gasteiger partial charge in [-0.1, -0.05) is 35.5 Å². The molecule has 2 N–H and O–H groups in total. The molecule has 0 bridgehead atoms.